The Kier molecular flexibility index (Phi) is 3.81. The fraction of sp³-hybridized carbons (Fsp3) is 0.0714. The zero-order valence-corrected chi connectivity index (χ0v) is 10.6. The number of hydrogen-bond donors (Lipinski definition) is 0. The highest BCUT2D eigenvalue weighted by Crippen LogP contribution is 2.34. The molecule has 0 unspecified atom stereocenters. The molecule has 1 nitrogen and oxygen atoms in total. The number of hydrogen-bond acceptors (Lipinski definition) is 1. The highest BCUT2D eigenvalue weighted by molar-refractivity contribution is 6.33. The Balaban J connectivity index is 2.47. The average Bonchev–Trinajstić information content (AvgIpc) is 2.37. The van der Waals surface area contributed by atoms with Gasteiger partial charge in [0.1, 0.15) is 5.82 Å². The van der Waals surface area contributed by atoms with Gasteiger partial charge in [-0.1, -0.05) is 23.7 Å². The molecule has 2 aromatic carbocycles. The van der Waals surface area contributed by atoms with Crippen LogP contribution in [0.15, 0.2) is 36.4 Å². The first-order valence-corrected chi connectivity index (χ1v) is 5.82. The fourth-order valence-corrected chi connectivity index (χ4v) is 1.95. The van der Waals surface area contributed by atoms with Gasteiger partial charge in [0.2, 0.25) is 0 Å². The molecule has 0 saturated carbocycles. The zero-order valence-electron chi connectivity index (χ0n) is 9.84. The van der Waals surface area contributed by atoms with Crippen molar-refractivity contribution in [2.75, 3.05) is 0 Å². The molecule has 20 heavy (non-hydrogen) atoms. The van der Waals surface area contributed by atoms with Crippen molar-refractivity contribution < 1.29 is 22.4 Å². The van der Waals surface area contributed by atoms with Gasteiger partial charge in [-0.15, -0.1) is 0 Å². The molecule has 2 rings (SSSR count). The molecule has 0 aliphatic heterocycles. The summed E-state index contributed by atoms with van der Waals surface area (Å²) in [6.45, 7) is 0. The smallest absolute Gasteiger partial charge is 0.298 e. The van der Waals surface area contributed by atoms with Crippen LogP contribution in [0.2, 0.25) is 5.02 Å². The van der Waals surface area contributed by atoms with E-state index in [0.29, 0.717) is 17.9 Å². The second kappa shape index (κ2) is 5.25. The van der Waals surface area contributed by atoms with Gasteiger partial charge in [-0.3, -0.25) is 4.79 Å². The van der Waals surface area contributed by atoms with E-state index >= 15 is 0 Å². The number of carbonyl (C=O) groups is 1. The molecule has 0 amide bonds. The normalized spacial score (nSPS) is 11.4. The molecule has 0 aliphatic rings. The lowest BCUT2D eigenvalue weighted by atomic mass is 10.0. The summed E-state index contributed by atoms with van der Waals surface area (Å²) in [6, 6.07) is 6.91. The van der Waals surface area contributed by atoms with E-state index < -0.39 is 17.6 Å². The Morgan fingerprint density at radius 3 is 2.10 bits per heavy atom. The molecule has 104 valence electrons. The van der Waals surface area contributed by atoms with Crippen LogP contribution in [0.4, 0.5) is 17.6 Å². The molecule has 0 saturated heterocycles. The summed E-state index contributed by atoms with van der Waals surface area (Å²) in [5.74, 6) is -1.36. The van der Waals surface area contributed by atoms with Gasteiger partial charge >= 0.3 is 6.18 Å². The van der Waals surface area contributed by atoms with E-state index in [2.05, 4.69) is 0 Å². The molecule has 0 radical (unpaired) electrons. The minimum Gasteiger partial charge on any atom is -0.298 e. The third-order valence-electron chi connectivity index (χ3n) is 2.74. The maximum Gasteiger partial charge on any atom is 0.419 e. The van der Waals surface area contributed by atoms with Crippen LogP contribution < -0.4 is 0 Å². The Morgan fingerprint density at radius 1 is 1.00 bits per heavy atom. The molecule has 2 aromatic rings. The molecule has 6 heteroatoms. The van der Waals surface area contributed by atoms with E-state index in [0.717, 1.165) is 12.1 Å². The summed E-state index contributed by atoms with van der Waals surface area (Å²) >= 11 is 5.82. The predicted molar refractivity (Wildman–Crippen MR) is 67.2 cm³/mol. The van der Waals surface area contributed by atoms with Gasteiger partial charge in [-0.25, -0.2) is 4.39 Å². The second-order valence-corrected chi connectivity index (χ2v) is 4.45. The van der Waals surface area contributed by atoms with E-state index in [-0.39, 0.29) is 16.1 Å². The third kappa shape index (κ3) is 2.82. The second-order valence-electron chi connectivity index (χ2n) is 4.05. The Morgan fingerprint density at radius 2 is 1.60 bits per heavy atom. The van der Waals surface area contributed by atoms with E-state index in [4.69, 9.17) is 11.6 Å². The largest absolute Gasteiger partial charge is 0.419 e. The van der Waals surface area contributed by atoms with Gasteiger partial charge in [0.05, 0.1) is 10.6 Å². The van der Waals surface area contributed by atoms with Crippen molar-refractivity contribution in [3.05, 3.63) is 58.4 Å². The Bertz CT molecular complexity index is 665. The SMILES string of the molecule is O=Cc1ccc(-c2ccc(C(F)(F)F)c(F)c2)cc1Cl. The maximum atomic E-state index is 13.5. The Hall–Kier alpha value is -1.88. The molecule has 0 N–H and O–H groups in total. The summed E-state index contributed by atoms with van der Waals surface area (Å²) in [6.07, 6.45) is -4.18. The number of halogens is 5. The van der Waals surface area contributed by atoms with Crippen molar-refractivity contribution in [3.63, 3.8) is 0 Å². The van der Waals surface area contributed by atoms with E-state index in [1.807, 2.05) is 0 Å². The molecule has 0 spiro atoms. The molecular weight excluding hydrogens is 296 g/mol. The summed E-state index contributed by atoms with van der Waals surface area (Å²) in [4.78, 5) is 10.6. The third-order valence-corrected chi connectivity index (χ3v) is 3.06. The average molecular weight is 303 g/mol. The number of aldehydes is 1. The maximum absolute atomic E-state index is 13.5. The van der Waals surface area contributed by atoms with Crippen molar-refractivity contribution in [2.24, 2.45) is 0 Å². The molecule has 0 bridgehead atoms. The van der Waals surface area contributed by atoms with Crippen LogP contribution in [0.1, 0.15) is 15.9 Å². The minimum atomic E-state index is -4.73. The lowest BCUT2D eigenvalue weighted by Gasteiger charge is -2.10. The lowest BCUT2D eigenvalue weighted by molar-refractivity contribution is -0.139. The first-order chi connectivity index (χ1) is 9.32. The van der Waals surface area contributed by atoms with Crippen molar-refractivity contribution in [3.8, 4) is 11.1 Å². The highest BCUT2D eigenvalue weighted by atomic mass is 35.5. The van der Waals surface area contributed by atoms with E-state index in [1.165, 1.54) is 18.2 Å². The standard InChI is InChI=1S/C14H7ClF4O/c15-12-5-8(1-2-10(12)7-20)9-3-4-11(13(16)6-9)14(17,18)19/h1-7H. The fourth-order valence-electron chi connectivity index (χ4n) is 1.73. The molecule has 0 aromatic heterocycles. The van der Waals surface area contributed by atoms with Gasteiger partial charge < -0.3 is 0 Å². The van der Waals surface area contributed by atoms with Gasteiger partial charge in [0.15, 0.2) is 6.29 Å². The first kappa shape index (κ1) is 14.5. The van der Waals surface area contributed by atoms with Crippen molar-refractivity contribution in [1.82, 2.24) is 0 Å². The van der Waals surface area contributed by atoms with Crippen LogP contribution >= 0.6 is 11.6 Å². The summed E-state index contributed by atoms with van der Waals surface area (Å²) < 4.78 is 50.8. The number of rotatable bonds is 2. The van der Waals surface area contributed by atoms with Crippen LogP contribution in [0.5, 0.6) is 0 Å². The molecule has 0 aliphatic carbocycles. The molecule has 0 heterocycles. The Labute approximate surface area is 116 Å². The van der Waals surface area contributed by atoms with Crippen LogP contribution in [-0.2, 0) is 6.18 Å². The number of benzene rings is 2. The van der Waals surface area contributed by atoms with Crippen LogP contribution in [0, 0.1) is 5.82 Å². The van der Waals surface area contributed by atoms with E-state index in [9.17, 15) is 22.4 Å². The van der Waals surface area contributed by atoms with Gasteiger partial charge in [0, 0.05) is 5.56 Å². The van der Waals surface area contributed by atoms with Crippen LogP contribution in [0.3, 0.4) is 0 Å². The first-order valence-electron chi connectivity index (χ1n) is 5.45. The minimum absolute atomic E-state index is 0.151. The van der Waals surface area contributed by atoms with Gasteiger partial charge in [0.25, 0.3) is 0 Å². The van der Waals surface area contributed by atoms with E-state index in [1.54, 1.807) is 0 Å². The van der Waals surface area contributed by atoms with Crippen molar-refractivity contribution in [1.29, 1.82) is 0 Å². The predicted octanol–water partition coefficient (Wildman–Crippen LogP) is 4.98. The van der Waals surface area contributed by atoms with Crippen LogP contribution in [0.25, 0.3) is 11.1 Å². The summed E-state index contributed by atoms with van der Waals surface area (Å²) in [5, 5.41) is 0.151. The summed E-state index contributed by atoms with van der Waals surface area (Å²) in [5.41, 5.74) is -0.400. The molecule has 0 atom stereocenters. The number of alkyl halides is 3. The lowest BCUT2D eigenvalue weighted by Crippen LogP contribution is -2.07. The van der Waals surface area contributed by atoms with Crippen molar-refractivity contribution >= 4 is 17.9 Å². The van der Waals surface area contributed by atoms with Gasteiger partial charge in [-0.2, -0.15) is 13.2 Å². The molecular formula is C14H7ClF4O. The summed E-state index contributed by atoms with van der Waals surface area (Å²) in [7, 11) is 0. The highest BCUT2D eigenvalue weighted by Gasteiger charge is 2.33. The van der Waals surface area contributed by atoms with Crippen molar-refractivity contribution in [2.45, 2.75) is 6.18 Å². The van der Waals surface area contributed by atoms with Crippen LogP contribution in [-0.4, -0.2) is 6.29 Å². The quantitative estimate of drug-likeness (QED) is 0.565. The monoisotopic (exact) mass is 302 g/mol. The molecule has 0 fully saturated rings. The zero-order chi connectivity index (χ0) is 14.9. The topological polar surface area (TPSA) is 17.1 Å². The van der Waals surface area contributed by atoms with Gasteiger partial charge in [-0.05, 0) is 35.4 Å². The number of carbonyl (C=O) groups excluding carboxylic acids is 1.